The van der Waals surface area contributed by atoms with E-state index in [-0.39, 0.29) is 37.5 Å². The third-order valence-electron chi connectivity index (χ3n) is 14.9. The minimum absolute atomic E-state index is 0.103. The molecule has 0 amide bonds. The quantitative estimate of drug-likeness (QED) is 0.0261. The maximum absolute atomic E-state index is 12.9. The fourth-order valence-corrected chi connectivity index (χ4v) is 9.82. The zero-order valence-corrected chi connectivity index (χ0v) is 52.4. The van der Waals surface area contributed by atoms with Gasteiger partial charge in [0.2, 0.25) is 0 Å². The average Bonchev–Trinajstić information content (AvgIpc) is 3.45. The summed E-state index contributed by atoms with van der Waals surface area (Å²) in [7, 11) is 0. The number of rotatable bonds is 62. The van der Waals surface area contributed by atoms with Crippen molar-refractivity contribution in [1.82, 2.24) is 0 Å². The lowest BCUT2D eigenvalue weighted by Crippen LogP contribution is -2.30. The summed E-state index contributed by atoms with van der Waals surface area (Å²) in [6.45, 7) is 6.52. The number of allylic oxidation sites excluding steroid dienone is 14. The lowest BCUT2D eigenvalue weighted by molar-refractivity contribution is -0.166. The van der Waals surface area contributed by atoms with Crippen molar-refractivity contribution >= 4 is 17.9 Å². The van der Waals surface area contributed by atoms with Crippen LogP contribution in [0.15, 0.2) is 85.1 Å². The molecule has 0 N–H and O–H groups in total. The number of hydrogen-bond acceptors (Lipinski definition) is 6. The van der Waals surface area contributed by atoms with Crippen LogP contribution in [-0.2, 0) is 28.6 Å². The van der Waals surface area contributed by atoms with Crippen molar-refractivity contribution in [3.05, 3.63) is 85.1 Å². The van der Waals surface area contributed by atoms with E-state index in [1.807, 2.05) is 6.08 Å². The molecule has 6 nitrogen and oxygen atoms in total. The Kier molecular flexibility index (Phi) is 64.2. The Morgan fingerprint density at radius 2 is 0.519 bits per heavy atom. The lowest BCUT2D eigenvalue weighted by Gasteiger charge is -2.18. The highest BCUT2D eigenvalue weighted by atomic mass is 16.6. The minimum Gasteiger partial charge on any atom is -0.462 e. The number of hydrogen-bond donors (Lipinski definition) is 0. The van der Waals surface area contributed by atoms with Crippen molar-refractivity contribution < 1.29 is 28.6 Å². The zero-order valence-electron chi connectivity index (χ0n) is 52.4. The number of carbonyl (C=O) groups is 3. The van der Waals surface area contributed by atoms with Crippen LogP contribution in [0.2, 0.25) is 0 Å². The highest BCUT2D eigenvalue weighted by Gasteiger charge is 2.19. The van der Waals surface area contributed by atoms with Crippen molar-refractivity contribution in [2.24, 2.45) is 0 Å². The minimum atomic E-state index is -0.818. The Morgan fingerprint density at radius 1 is 0.266 bits per heavy atom. The molecule has 79 heavy (non-hydrogen) atoms. The Morgan fingerprint density at radius 3 is 0.823 bits per heavy atom. The molecule has 0 bridgehead atoms. The molecule has 0 spiro atoms. The molecule has 0 aliphatic carbocycles. The second-order valence-electron chi connectivity index (χ2n) is 22.7. The van der Waals surface area contributed by atoms with Gasteiger partial charge < -0.3 is 14.2 Å². The number of esters is 3. The summed E-state index contributed by atoms with van der Waals surface area (Å²) in [6.07, 6.45) is 89.0. The molecule has 0 radical (unpaired) electrons. The lowest BCUT2D eigenvalue weighted by atomic mass is 10.0. The fraction of sp³-hybridized carbons (Fsp3) is 0.767. The molecule has 0 aliphatic rings. The van der Waals surface area contributed by atoms with E-state index in [2.05, 4.69) is 99.8 Å². The van der Waals surface area contributed by atoms with Crippen LogP contribution in [0, 0.1) is 0 Å². The molecule has 0 heterocycles. The van der Waals surface area contributed by atoms with Gasteiger partial charge in [-0.15, -0.1) is 0 Å². The van der Waals surface area contributed by atoms with Gasteiger partial charge in [-0.1, -0.05) is 324 Å². The van der Waals surface area contributed by atoms with Gasteiger partial charge in [-0.2, -0.15) is 0 Å². The van der Waals surface area contributed by atoms with Crippen LogP contribution in [-0.4, -0.2) is 37.2 Å². The van der Waals surface area contributed by atoms with Crippen LogP contribution in [0.1, 0.15) is 342 Å². The third kappa shape index (κ3) is 65.3. The SMILES string of the molecule is CC/C=C\C/C=C\C/C=C\C/C=C\C/C=C\C/C=C\CCC(=O)OC(COC(=O)CCCCCCCCCCCCC/C=C\CCCCCCCCCC)COC(=O)CCCCCCCCCCCCCCCCCCCCC. The summed E-state index contributed by atoms with van der Waals surface area (Å²) >= 11 is 0. The van der Waals surface area contributed by atoms with Crippen molar-refractivity contribution in [3.63, 3.8) is 0 Å². The van der Waals surface area contributed by atoms with Crippen LogP contribution in [0.4, 0.5) is 0 Å². The van der Waals surface area contributed by atoms with Crippen molar-refractivity contribution in [1.29, 1.82) is 0 Å². The predicted octanol–water partition coefficient (Wildman–Crippen LogP) is 23.4. The van der Waals surface area contributed by atoms with Gasteiger partial charge in [0.05, 0.1) is 0 Å². The molecule has 6 heteroatoms. The monoisotopic (exact) mass is 1100 g/mol. The maximum Gasteiger partial charge on any atom is 0.306 e. The molecule has 0 fully saturated rings. The topological polar surface area (TPSA) is 78.9 Å². The standard InChI is InChI=1S/C73H128O6/c1-4-7-10-13-16-19-22-25-28-31-34-35-36-37-40-42-45-48-51-54-57-60-63-66-72(75)78-69-70(79-73(76)67-64-61-58-55-52-49-46-43-39-33-30-27-24-21-18-15-12-9-6-3)68-77-71(74)65-62-59-56-53-50-47-44-41-38-32-29-26-23-20-17-14-11-8-5-2/h9,12,18,21,27,30-31,34,39,43,49,52,58,61,70H,4-8,10-11,13-17,19-20,22-26,28-29,32-33,35-38,40-42,44-48,50-51,53-57,59-60,62-69H2,1-3H3/b12-9-,21-18-,30-27-,34-31-,43-39-,52-49-,61-58-. The number of unbranched alkanes of at least 4 members (excludes halogenated alkanes) is 37. The fourth-order valence-electron chi connectivity index (χ4n) is 9.82. The molecule has 1 atom stereocenters. The van der Waals surface area contributed by atoms with Crippen molar-refractivity contribution in [3.8, 4) is 0 Å². The molecule has 0 aromatic heterocycles. The molecule has 456 valence electrons. The van der Waals surface area contributed by atoms with Gasteiger partial charge in [0.15, 0.2) is 6.10 Å². The van der Waals surface area contributed by atoms with Gasteiger partial charge in [0.25, 0.3) is 0 Å². The summed E-state index contributed by atoms with van der Waals surface area (Å²) in [5, 5.41) is 0. The predicted molar refractivity (Wildman–Crippen MR) is 344 cm³/mol. The Bertz CT molecular complexity index is 1500. The Balaban J connectivity index is 4.42. The number of carbonyl (C=O) groups excluding carboxylic acids is 3. The molecule has 0 rings (SSSR count). The van der Waals surface area contributed by atoms with Gasteiger partial charge in [-0.25, -0.2) is 0 Å². The summed E-state index contributed by atoms with van der Waals surface area (Å²) in [4.78, 5) is 38.4. The van der Waals surface area contributed by atoms with Gasteiger partial charge >= 0.3 is 17.9 Å². The molecule has 0 aromatic rings. The summed E-state index contributed by atoms with van der Waals surface area (Å²) < 4.78 is 16.9. The third-order valence-corrected chi connectivity index (χ3v) is 14.9. The first-order chi connectivity index (χ1) is 39.0. The highest BCUT2D eigenvalue weighted by Crippen LogP contribution is 2.17. The normalized spacial score (nSPS) is 12.6. The van der Waals surface area contributed by atoms with E-state index in [1.165, 1.54) is 218 Å². The van der Waals surface area contributed by atoms with Gasteiger partial charge in [0, 0.05) is 19.3 Å². The molecule has 0 saturated carbocycles. The second-order valence-corrected chi connectivity index (χ2v) is 22.7. The van der Waals surface area contributed by atoms with E-state index in [4.69, 9.17) is 14.2 Å². The molecule has 0 saturated heterocycles. The highest BCUT2D eigenvalue weighted by molar-refractivity contribution is 5.71. The van der Waals surface area contributed by atoms with E-state index in [9.17, 15) is 14.4 Å². The van der Waals surface area contributed by atoms with Crippen LogP contribution >= 0.6 is 0 Å². The summed E-state index contributed by atoms with van der Waals surface area (Å²) in [5.41, 5.74) is 0. The molecular weight excluding hydrogens is 973 g/mol. The van der Waals surface area contributed by atoms with Crippen LogP contribution < -0.4 is 0 Å². The average molecular weight is 1100 g/mol. The smallest absolute Gasteiger partial charge is 0.306 e. The van der Waals surface area contributed by atoms with Crippen molar-refractivity contribution in [2.75, 3.05) is 13.2 Å². The van der Waals surface area contributed by atoms with Gasteiger partial charge in [0.1, 0.15) is 13.2 Å². The van der Waals surface area contributed by atoms with Crippen LogP contribution in [0.5, 0.6) is 0 Å². The molecule has 0 aliphatic heterocycles. The van der Waals surface area contributed by atoms with E-state index in [0.717, 1.165) is 77.0 Å². The van der Waals surface area contributed by atoms with Crippen LogP contribution in [0.3, 0.4) is 0 Å². The summed E-state index contributed by atoms with van der Waals surface area (Å²) in [6, 6.07) is 0. The van der Waals surface area contributed by atoms with E-state index < -0.39 is 6.10 Å². The Hall–Kier alpha value is -3.41. The van der Waals surface area contributed by atoms with E-state index in [0.29, 0.717) is 19.3 Å². The maximum atomic E-state index is 12.9. The first kappa shape index (κ1) is 75.6. The Labute approximate surface area is 490 Å². The van der Waals surface area contributed by atoms with Gasteiger partial charge in [-0.05, 0) is 83.5 Å². The molecule has 1 unspecified atom stereocenters. The van der Waals surface area contributed by atoms with Crippen molar-refractivity contribution in [2.45, 2.75) is 348 Å². The van der Waals surface area contributed by atoms with E-state index >= 15 is 0 Å². The largest absolute Gasteiger partial charge is 0.462 e. The second kappa shape index (κ2) is 67.1. The van der Waals surface area contributed by atoms with E-state index in [1.54, 1.807) is 0 Å². The molecular formula is C73H128O6. The first-order valence-corrected chi connectivity index (χ1v) is 34.1. The first-order valence-electron chi connectivity index (χ1n) is 34.1. The zero-order chi connectivity index (χ0) is 57.1. The summed E-state index contributed by atoms with van der Waals surface area (Å²) in [5.74, 6) is -0.971. The van der Waals surface area contributed by atoms with Gasteiger partial charge in [-0.3, -0.25) is 14.4 Å². The number of ether oxygens (including phenoxy) is 3. The van der Waals surface area contributed by atoms with Crippen LogP contribution in [0.25, 0.3) is 0 Å². The molecule has 0 aromatic carbocycles.